The number of aryl methyl sites for hydroxylation is 1. The molecule has 2 aliphatic rings. The van der Waals surface area contributed by atoms with E-state index in [2.05, 4.69) is 46.4 Å². The normalized spacial score (nSPS) is 15.7. The Labute approximate surface area is 317 Å². The lowest BCUT2D eigenvalue weighted by Gasteiger charge is -2.35. The molecule has 54 heavy (non-hydrogen) atoms. The van der Waals surface area contributed by atoms with E-state index in [0.29, 0.717) is 62.8 Å². The number of anilines is 3. The van der Waals surface area contributed by atoms with Gasteiger partial charge in [0.1, 0.15) is 17.3 Å². The first kappa shape index (κ1) is 42.7. The van der Waals surface area contributed by atoms with Crippen molar-refractivity contribution in [3.63, 3.8) is 0 Å². The second-order valence-corrected chi connectivity index (χ2v) is 15.7. The minimum Gasteiger partial charge on any atom is -0.399 e. The van der Waals surface area contributed by atoms with Crippen LogP contribution in [0.1, 0.15) is 69.9 Å². The van der Waals surface area contributed by atoms with Gasteiger partial charge < -0.3 is 57.3 Å². The van der Waals surface area contributed by atoms with Gasteiger partial charge in [-0.1, -0.05) is 24.5 Å². The van der Waals surface area contributed by atoms with Gasteiger partial charge in [-0.25, -0.2) is 5.84 Å². The number of piperazine rings is 1. The molecule has 4 rings (SSSR count). The number of nitrogens with zero attached hydrogens (tertiary/aromatic N) is 8. The van der Waals surface area contributed by atoms with Crippen LogP contribution in [0.4, 0.5) is 17.6 Å². The Morgan fingerprint density at radius 3 is 2.54 bits per heavy atom. The number of nitrogens with two attached hydrogens (primary N) is 3. The van der Waals surface area contributed by atoms with Crippen molar-refractivity contribution in [1.29, 1.82) is 0 Å². The van der Waals surface area contributed by atoms with Gasteiger partial charge in [0.25, 0.3) is 0 Å². The van der Waals surface area contributed by atoms with Gasteiger partial charge in [-0.3, -0.25) is 18.8 Å². The highest BCUT2D eigenvalue weighted by Gasteiger charge is 2.23. The molecule has 1 saturated heterocycles. The minimum atomic E-state index is -4.18. The summed E-state index contributed by atoms with van der Waals surface area (Å²) in [6.45, 7) is 6.26. The van der Waals surface area contributed by atoms with Gasteiger partial charge in [0.05, 0.1) is 25.4 Å². The number of rotatable bonds is 23. The molecule has 0 spiro atoms. The number of nitrogen functional groups attached to an aromatic ring is 1. The summed E-state index contributed by atoms with van der Waals surface area (Å²) in [5.41, 5.74) is 12.9. The van der Waals surface area contributed by atoms with E-state index in [-0.39, 0.29) is 43.4 Å². The number of hydrazine groups is 1. The molecule has 0 atom stereocenters. The number of carbonyl (C=O) groups is 2. The fraction of sp³-hybridized carbons (Fsp3) is 0.697. The summed E-state index contributed by atoms with van der Waals surface area (Å²) in [7, 11) is -4.18. The van der Waals surface area contributed by atoms with Crippen LogP contribution in [-0.4, -0.2) is 128 Å². The average molecular weight is 778 g/mol. The largest absolute Gasteiger partial charge is 0.399 e. The van der Waals surface area contributed by atoms with Crippen LogP contribution in [0, 0.1) is 0 Å². The Bertz CT molecular complexity index is 1520. The van der Waals surface area contributed by atoms with Gasteiger partial charge in [0.2, 0.25) is 17.8 Å². The highest BCUT2D eigenvalue weighted by atomic mass is 31.2. The van der Waals surface area contributed by atoms with E-state index in [1.807, 2.05) is 10.9 Å². The van der Waals surface area contributed by atoms with Gasteiger partial charge in [0.15, 0.2) is 0 Å². The van der Waals surface area contributed by atoms with Gasteiger partial charge in [-0.05, 0) is 51.7 Å². The van der Waals surface area contributed by atoms with Crippen molar-refractivity contribution < 1.29 is 23.9 Å². The lowest BCUT2D eigenvalue weighted by atomic mass is 9.95. The zero-order valence-electron chi connectivity index (χ0n) is 31.2. The van der Waals surface area contributed by atoms with E-state index < -0.39 is 13.8 Å². The molecule has 0 aromatic carbocycles. The second-order valence-electron chi connectivity index (χ2n) is 13.9. The van der Waals surface area contributed by atoms with E-state index in [1.54, 1.807) is 11.0 Å². The Hall–Kier alpha value is -4.07. The van der Waals surface area contributed by atoms with Crippen molar-refractivity contribution in [2.24, 2.45) is 11.6 Å². The molecule has 20 nitrogen and oxygen atoms in total. The monoisotopic (exact) mass is 777 g/mol. The number of amides is 2. The summed E-state index contributed by atoms with van der Waals surface area (Å²) >= 11 is 0. The first-order valence-corrected chi connectivity index (χ1v) is 20.8. The predicted molar refractivity (Wildman–Crippen MR) is 207 cm³/mol. The molecule has 12 N–H and O–H groups in total. The highest BCUT2D eigenvalue weighted by molar-refractivity contribution is 7.51. The van der Waals surface area contributed by atoms with E-state index in [4.69, 9.17) is 27.1 Å². The standard InChI is InChI=1S/C33H60N15O5P/c34-26(24-47(36)19-20-54(51,52)53)22-39-31(49)9-4-10-32(50)46-17-15-45(16-18-46)30-21-29(35)41-33(42-30)40-23-28-25-48(44-43-28)14-6-12-37-11-5-13-38-27-7-2-1-3-8-27/h21,24-25,27,37-38H,1-20,22-23,34,36H2,(H,39,49)(H2,51,52,53)(H3,35,40,41,42)/b26-24-. The summed E-state index contributed by atoms with van der Waals surface area (Å²) < 4.78 is 12.8. The quantitative estimate of drug-likeness (QED) is 0.0302. The van der Waals surface area contributed by atoms with Crippen LogP contribution in [0.5, 0.6) is 0 Å². The number of aromatic nitrogens is 5. The number of carbonyl (C=O) groups excluding carboxylic acids is 2. The summed E-state index contributed by atoms with van der Waals surface area (Å²) in [4.78, 5) is 55.8. The third-order valence-corrected chi connectivity index (χ3v) is 10.1. The number of hydrogen-bond donors (Lipinski definition) is 9. The Balaban J connectivity index is 1.08. The van der Waals surface area contributed by atoms with Crippen molar-refractivity contribution in [2.75, 3.05) is 81.0 Å². The van der Waals surface area contributed by atoms with E-state index >= 15 is 0 Å². The molecule has 1 saturated carbocycles. The molecule has 0 radical (unpaired) electrons. The molecule has 2 aromatic heterocycles. The molecule has 0 bridgehead atoms. The van der Waals surface area contributed by atoms with Crippen LogP contribution >= 0.6 is 7.60 Å². The third-order valence-electron chi connectivity index (χ3n) is 9.28. The van der Waals surface area contributed by atoms with Crippen LogP contribution in [0.15, 0.2) is 24.2 Å². The molecule has 21 heteroatoms. The summed E-state index contributed by atoms with van der Waals surface area (Å²) in [6, 6.07) is 2.43. The molecule has 2 fully saturated rings. The maximum absolute atomic E-state index is 12.8. The maximum Gasteiger partial charge on any atom is 0.327 e. The van der Waals surface area contributed by atoms with E-state index in [9.17, 15) is 14.2 Å². The first-order chi connectivity index (χ1) is 25.9. The third kappa shape index (κ3) is 16.5. The van der Waals surface area contributed by atoms with Crippen molar-refractivity contribution in [2.45, 2.75) is 83.3 Å². The van der Waals surface area contributed by atoms with Crippen LogP contribution in [0.2, 0.25) is 0 Å². The second kappa shape index (κ2) is 22.3. The molecular formula is C33H60N15O5P. The van der Waals surface area contributed by atoms with Crippen LogP contribution in [-0.2, 0) is 27.2 Å². The lowest BCUT2D eigenvalue weighted by molar-refractivity contribution is -0.131. The van der Waals surface area contributed by atoms with Crippen LogP contribution in [0.25, 0.3) is 0 Å². The topological polar surface area (TPSA) is 284 Å². The zero-order chi connectivity index (χ0) is 38.8. The Kier molecular flexibility index (Phi) is 17.7. The van der Waals surface area contributed by atoms with Gasteiger partial charge in [-0.2, -0.15) is 9.97 Å². The Morgan fingerprint density at radius 2 is 1.78 bits per heavy atom. The van der Waals surface area contributed by atoms with Crippen molar-refractivity contribution >= 4 is 37.0 Å². The smallest absolute Gasteiger partial charge is 0.327 e. The molecule has 2 aromatic rings. The zero-order valence-corrected chi connectivity index (χ0v) is 32.1. The lowest BCUT2D eigenvalue weighted by Crippen LogP contribution is -2.49. The van der Waals surface area contributed by atoms with Crippen LogP contribution in [0.3, 0.4) is 0 Å². The summed E-state index contributed by atoms with van der Waals surface area (Å²) in [6.07, 6.45) is 12.4. The molecule has 2 amide bonds. The summed E-state index contributed by atoms with van der Waals surface area (Å²) in [5, 5.41) is 22.6. The van der Waals surface area contributed by atoms with Crippen molar-refractivity contribution in [1.82, 2.24) is 50.8 Å². The molecule has 1 aliphatic carbocycles. The number of nitrogens with one attached hydrogen (secondary N) is 4. The molecule has 0 unspecified atom stereocenters. The van der Waals surface area contributed by atoms with Crippen molar-refractivity contribution in [3.05, 3.63) is 29.9 Å². The molecule has 3 heterocycles. The highest BCUT2D eigenvalue weighted by Crippen LogP contribution is 2.33. The molecule has 302 valence electrons. The van der Waals surface area contributed by atoms with Gasteiger partial charge >= 0.3 is 7.60 Å². The predicted octanol–water partition coefficient (Wildman–Crippen LogP) is -0.357. The minimum absolute atomic E-state index is 0.0156. The van der Waals surface area contributed by atoms with Crippen molar-refractivity contribution in [3.8, 4) is 0 Å². The van der Waals surface area contributed by atoms with Gasteiger partial charge in [0, 0.05) is 76.1 Å². The molecule has 1 aliphatic heterocycles. The SMILES string of the molecule is N/C(=C\N(N)CCP(=O)(O)O)CNC(=O)CCCC(=O)N1CCN(c2cc(N)nc(NCc3cn(CCCNCCCNC4CCCCC4)nn3)n2)CC1. The van der Waals surface area contributed by atoms with E-state index in [1.165, 1.54) is 38.3 Å². The van der Waals surface area contributed by atoms with E-state index in [0.717, 1.165) is 49.7 Å². The van der Waals surface area contributed by atoms with Gasteiger partial charge in [-0.15, -0.1) is 5.10 Å². The Morgan fingerprint density at radius 1 is 1.02 bits per heavy atom. The fourth-order valence-electron chi connectivity index (χ4n) is 6.31. The van der Waals surface area contributed by atoms with Crippen LogP contribution < -0.4 is 43.5 Å². The first-order valence-electron chi connectivity index (χ1n) is 19.0. The fourth-order valence-corrected chi connectivity index (χ4v) is 6.80. The number of hydrogen-bond acceptors (Lipinski definition) is 15. The summed E-state index contributed by atoms with van der Waals surface area (Å²) in [5.74, 6) is 6.73. The average Bonchev–Trinajstić information content (AvgIpc) is 3.61. The molecular weight excluding hydrogens is 717 g/mol. The maximum atomic E-state index is 12.8.